The zero-order valence-corrected chi connectivity index (χ0v) is 12.3. The summed E-state index contributed by atoms with van der Waals surface area (Å²) in [7, 11) is -3.38. The SMILES string of the molecule is O=S(=O)(Cc1ccccc1Cl)N1CCn2ccnc2C1. The molecule has 0 radical (unpaired) electrons. The lowest BCUT2D eigenvalue weighted by molar-refractivity contribution is 0.335. The largest absolute Gasteiger partial charge is 0.333 e. The molecule has 0 fully saturated rings. The van der Waals surface area contributed by atoms with Crippen molar-refractivity contribution in [2.24, 2.45) is 0 Å². The summed E-state index contributed by atoms with van der Waals surface area (Å²) in [5.74, 6) is 0.701. The maximum atomic E-state index is 12.5. The molecule has 0 atom stereocenters. The maximum absolute atomic E-state index is 12.5. The summed E-state index contributed by atoms with van der Waals surface area (Å²) in [6.45, 7) is 1.42. The van der Waals surface area contributed by atoms with Gasteiger partial charge in [0.25, 0.3) is 0 Å². The Hall–Kier alpha value is -1.37. The Morgan fingerprint density at radius 1 is 1.25 bits per heavy atom. The maximum Gasteiger partial charge on any atom is 0.218 e. The number of hydrogen-bond acceptors (Lipinski definition) is 3. The molecule has 2 aromatic rings. The molecule has 0 unspecified atom stereocenters. The first-order valence-electron chi connectivity index (χ1n) is 6.27. The van der Waals surface area contributed by atoms with E-state index in [4.69, 9.17) is 11.6 Å². The summed E-state index contributed by atoms with van der Waals surface area (Å²) in [4.78, 5) is 4.18. The Morgan fingerprint density at radius 3 is 2.85 bits per heavy atom. The second kappa shape index (κ2) is 5.20. The van der Waals surface area contributed by atoms with Gasteiger partial charge in [0.1, 0.15) is 5.82 Å². The summed E-state index contributed by atoms with van der Waals surface area (Å²) in [5.41, 5.74) is 0.628. The fraction of sp³-hybridized carbons (Fsp3) is 0.308. The number of benzene rings is 1. The van der Waals surface area contributed by atoms with E-state index in [2.05, 4.69) is 4.98 Å². The van der Waals surface area contributed by atoms with Crippen molar-refractivity contribution in [3.63, 3.8) is 0 Å². The van der Waals surface area contributed by atoms with Gasteiger partial charge in [-0.05, 0) is 11.6 Å². The lowest BCUT2D eigenvalue weighted by Gasteiger charge is -2.27. The summed E-state index contributed by atoms with van der Waals surface area (Å²) >= 11 is 6.03. The van der Waals surface area contributed by atoms with Crippen LogP contribution in [0.4, 0.5) is 0 Å². The summed E-state index contributed by atoms with van der Waals surface area (Å²) in [6, 6.07) is 7.02. The lowest BCUT2D eigenvalue weighted by Crippen LogP contribution is -2.38. The van der Waals surface area contributed by atoms with Crippen LogP contribution in [0.5, 0.6) is 0 Å². The number of aromatic nitrogens is 2. The van der Waals surface area contributed by atoms with E-state index in [1.807, 2.05) is 10.8 Å². The lowest BCUT2D eigenvalue weighted by atomic mass is 10.2. The Labute approximate surface area is 122 Å². The van der Waals surface area contributed by atoms with Gasteiger partial charge in [-0.3, -0.25) is 0 Å². The monoisotopic (exact) mass is 311 g/mol. The summed E-state index contributed by atoms with van der Waals surface area (Å²) in [5, 5.41) is 0.481. The molecule has 1 aliphatic rings. The molecule has 0 N–H and O–H groups in total. The second-order valence-corrected chi connectivity index (χ2v) is 7.09. The quantitative estimate of drug-likeness (QED) is 0.869. The van der Waals surface area contributed by atoms with Crippen molar-refractivity contribution in [3.8, 4) is 0 Å². The second-order valence-electron chi connectivity index (χ2n) is 4.72. The molecule has 5 nitrogen and oxygen atoms in total. The molecule has 0 saturated heterocycles. The van der Waals surface area contributed by atoms with Crippen molar-refractivity contribution in [1.29, 1.82) is 0 Å². The minimum Gasteiger partial charge on any atom is -0.333 e. The van der Waals surface area contributed by atoms with E-state index >= 15 is 0 Å². The Balaban J connectivity index is 1.82. The molecule has 106 valence electrons. The fourth-order valence-corrected chi connectivity index (χ4v) is 4.07. The van der Waals surface area contributed by atoms with Gasteiger partial charge in [0.2, 0.25) is 10.0 Å². The van der Waals surface area contributed by atoms with E-state index < -0.39 is 10.0 Å². The third kappa shape index (κ3) is 2.59. The van der Waals surface area contributed by atoms with E-state index in [9.17, 15) is 8.42 Å². The highest BCUT2D eigenvalue weighted by Crippen LogP contribution is 2.22. The minimum atomic E-state index is -3.38. The number of nitrogens with zero attached hydrogens (tertiary/aromatic N) is 3. The molecule has 20 heavy (non-hydrogen) atoms. The number of imidazole rings is 1. The first-order valence-corrected chi connectivity index (χ1v) is 8.26. The first-order chi connectivity index (χ1) is 9.56. The van der Waals surface area contributed by atoms with Crippen molar-refractivity contribution in [2.45, 2.75) is 18.8 Å². The van der Waals surface area contributed by atoms with Crippen LogP contribution in [0.15, 0.2) is 36.7 Å². The van der Waals surface area contributed by atoms with E-state index in [0.717, 1.165) is 5.82 Å². The topological polar surface area (TPSA) is 55.2 Å². The zero-order valence-electron chi connectivity index (χ0n) is 10.7. The normalized spacial score (nSPS) is 16.1. The molecule has 1 aliphatic heterocycles. The van der Waals surface area contributed by atoms with Gasteiger partial charge in [-0.15, -0.1) is 0 Å². The minimum absolute atomic E-state index is 0.0760. The van der Waals surface area contributed by atoms with Crippen LogP contribution in [0.1, 0.15) is 11.4 Å². The Morgan fingerprint density at radius 2 is 2.05 bits per heavy atom. The van der Waals surface area contributed by atoms with Crippen LogP contribution >= 0.6 is 11.6 Å². The fourth-order valence-electron chi connectivity index (χ4n) is 2.29. The Kier molecular flexibility index (Phi) is 3.54. The van der Waals surface area contributed by atoms with Gasteiger partial charge >= 0.3 is 0 Å². The zero-order chi connectivity index (χ0) is 14.2. The van der Waals surface area contributed by atoms with Crippen molar-refractivity contribution >= 4 is 21.6 Å². The van der Waals surface area contributed by atoms with Gasteiger partial charge in [0, 0.05) is 30.5 Å². The number of fused-ring (bicyclic) bond motifs is 1. The van der Waals surface area contributed by atoms with Gasteiger partial charge < -0.3 is 4.57 Å². The van der Waals surface area contributed by atoms with Crippen molar-refractivity contribution < 1.29 is 8.42 Å². The smallest absolute Gasteiger partial charge is 0.218 e. The molecule has 1 aromatic heterocycles. The predicted octanol–water partition coefficient (Wildman–Crippen LogP) is 1.88. The van der Waals surface area contributed by atoms with Crippen molar-refractivity contribution in [3.05, 3.63) is 53.1 Å². The van der Waals surface area contributed by atoms with E-state index in [-0.39, 0.29) is 5.75 Å². The average molecular weight is 312 g/mol. The molecule has 3 rings (SSSR count). The number of hydrogen-bond donors (Lipinski definition) is 0. The Bertz CT molecular complexity index is 727. The van der Waals surface area contributed by atoms with Crippen molar-refractivity contribution in [2.75, 3.05) is 6.54 Å². The van der Waals surface area contributed by atoms with Crippen LogP contribution in [0.2, 0.25) is 5.02 Å². The molecule has 0 aliphatic carbocycles. The number of halogens is 1. The molecule has 0 saturated carbocycles. The molecule has 1 aromatic carbocycles. The van der Waals surface area contributed by atoms with Gasteiger partial charge in [-0.25, -0.2) is 13.4 Å². The molecule has 0 spiro atoms. The van der Waals surface area contributed by atoms with Crippen LogP contribution in [0, 0.1) is 0 Å². The summed E-state index contributed by atoms with van der Waals surface area (Å²) in [6.07, 6.45) is 3.56. The van der Waals surface area contributed by atoms with Gasteiger partial charge in [-0.1, -0.05) is 29.8 Å². The highest BCUT2D eigenvalue weighted by molar-refractivity contribution is 7.88. The summed E-state index contributed by atoms with van der Waals surface area (Å²) < 4.78 is 28.4. The number of rotatable bonds is 3. The van der Waals surface area contributed by atoms with E-state index in [1.165, 1.54) is 4.31 Å². The molecular formula is C13H14ClN3O2S. The third-order valence-electron chi connectivity index (χ3n) is 3.40. The van der Waals surface area contributed by atoms with Crippen LogP contribution in [-0.4, -0.2) is 28.8 Å². The highest BCUT2D eigenvalue weighted by Gasteiger charge is 2.27. The van der Waals surface area contributed by atoms with Gasteiger partial charge in [0.15, 0.2) is 0 Å². The molecule has 2 heterocycles. The van der Waals surface area contributed by atoms with E-state index in [0.29, 0.717) is 30.2 Å². The molecule has 0 bridgehead atoms. The first kappa shape index (κ1) is 13.6. The predicted molar refractivity (Wildman–Crippen MR) is 76.7 cm³/mol. The average Bonchev–Trinajstić information content (AvgIpc) is 2.88. The van der Waals surface area contributed by atoms with Crippen LogP contribution in [-0.2, 0) is 28.9 Å². The van der Waals surface area contributed by atoms with Crippen LogP contribution in [0.25, 0.3) is 0 Å². The van der Waals surface area contributed by atoms with E-state index in [1.54, 1.807) is 30.5 Å². The van der Waals surface area contributed by atoms with Crippen LogP contribution in [0.3, 0.4) is 0 Å². The molecular weight excluding hydrogens is 298 g/mol. The molecule has 0 amide bonds. The van der Waals surface area contributed by atoms with Crippen molar-refractivity contribution in [1.82, 2.24) is 13.9 Å². The standard InChI is InChI=1S/C13H14ClN3O2S/c14-12-4-2-1-3-11(12)10-20(18,19)17-8-7-16-6-5-15-13(16)9-17/h1-6H,7-10H2. The third-order valence-corrected chi connectivity index (χ3v) is 5.54. The van der Waals surface area contributed by atoms with Gasteiger partial charge in [-0.2, -0.15) is 4.31 Å². The molecule has 7 heteroatoms. The van der Waals surface area contributed by atoms with Crippen LogP contribution < -0.4 is 0 Å². The van der Waals surface area contributed by atoms with Gasteiger partial charge in [0.05, 0.1) is 12.3 Å². The highest BCUT2D eigenvalue weighted by atomic mass is 35.5. The number of sulfonamides is 1.